The summed E-state index contributed by atoms with van der Waals surface area (Å²) in [5.41, 5.74) is 0. The molecular weight excluding hydrogens is 166 g/mol. The molecule has 3 nitrogen and oxygen atoms in total. The van der Waals surface area contributed by atoms with E-state index >= 15 is 0 Å². The van der Waals surface area contributed by atoms with Gasteiger partial charge in [0.1, 0.15) is 0 Å². The lowest BCUT2D eigenvalue weighted by Gasteiger charge is -2.03. The van der Waals surface area contributed by atoms with Crippen LogP contribution in [0.3, 0.4) is 0 Å². The fourth-order valence-electron chi connectivity index (χ4n) is 2.48. The zero-order valence-corrected chi connectivity index (χ0v) is 8.08. The Kier molecular flexibility index (Phi) is 2.54. The average Bonchev–Trinajstić information content (AvgIpc) is 2.77. The van der Waals surface area contributed by atoms with Gasteiger partial charge in [-0.3, -0.25) is 4.79 Å². The van der Waals surface area contributed by atoms with Crippen molar-refractivity contribution in [1.29, 1.82) is 0 Å². The van der Waals surface area contributed by atoms with Crippen LogP contribution in [0.25, 0.3) is 0 Å². The fraction of sp³-hybridized carbons (Fsp3) is 0.900. The second kappa shape index (κ2) is 3.66. The normalized spacial score (nSPS) is 37.5. The zero-order chi connectivity index (χ0) is 9.26. The van der Waals surface area contributed by atoms with Crippen LogP contribution in [0, 0.1) is 17.8 Å². The molecule has 1 N–H and O–H groups in total. The molecule has 0 bridgehead atoms. The first-order chi connectivity index (χ1) is 6.34. The minimum Gasteiger partial charge on any atom is -0.466 e. The standard InChI is InChI=1S/C10H17NO2/c1-2-13-10(12)9-7-3-5-11-6-4-8(7)9/h7-9,11H,2-6H2,1H3/t7-,8+,9-. The van der Waals surface area contributed by atoms with Gasteiger partial charge < -0.3 is 10.1 Å². The number of carbonyl (C=O) groups is 1. The SMILES string of the molecule is CCOC(=O)[C@@H]1[C@@H]2CCNCC[C@@H]21. The molecule has 1 saturated carbocycles. The number of rotatable bonds is 2. The molecule has 2 fully saturated rings. The number of esters is 1. The first kappa shape index (κ1) is 9.00. The van der Waals surface area contributed by atoms with Crippen LogP contribution in [0.4, 0.5) is 0 Å². The van der Waals surface area contributed by atoms with Crippen molar-refractivity contribution in [2.45, 2.75) is 19.8 Å². The van der Waals surface area contributed by atoms with Crippen molar-refractivity contribution < 1.29 is 9.53 Å². The highest BCUT2D eigenvalue weighted by Gasteiger charge is 2.54. The van der Waals surface area contributed by atoms with Gasteiger partial charge >= 0.3 is 5.97 Å². The van der Waals surface area contributed by atoms with Gasteiger partial charge in [-0.25, -0.2) is 0 Å². The topological polar surface area (TPSA) is 38.3 Å². The number of ether oxygens (including phenoxy) is 1. The van der Waals surface area contributed by atoms with Crippen LogP contribution in [0.15, 0.2) is 0 Å². The molecule has 74 valence electrons. The molecule has 0 radical (unpaired) electrons. The van der Waals surface area contributed by atoms with Crippen LogP contribution in [0.1, 0.15) is 19.8 Å². The summed E-state index contributed by atoms with van der Waals surface area (Å²) in [6.07, 6.45) is 2.29. The molecular formula is C10H17NO2. The number of carbonyl (C=O) groups excluding carboxylic acids is 1. The molecule has 0 aromatic heterocycles. The van der Waals surface area contributed by atoms with Crippen LogP contribution in [0.2, 0.25) is 0 Å². The van der Waals surface area contributed by atoms with E-state index in [0.717, 1.165) is 25.9 Å². The summed E-state index contributed by atoms with van der Waals surface area (Å²) in [7, 11) is 0. The molecule has 0 unspecified atom stereocenters. The van der Waals surface area contributed by atoms with Crippen molar-refractivity contribution in [2.75, 3.05) is 19.7 Å². The molecule has 1 aliphatic heterocycles. The Labute approximate surface area is 78.8 Å². The van der Waals surface area contributed by atoms with E-state index in [9.17, 15) is 4.79 Å². The molecule has 1 aliphatic carbocycles. The smallest absolute Gasteiger partial charge is 0.309 e. The summed E-state index contributed by atoms with van der Waals surface area (Å²) in [6.45, 7) is 4.53. The monoisotopic (exact) mass is 183 g/mol. The number of fused-ring (bicyclic) bond motifs is 1. The van der Waals surface area contributed by atoms with Crippen LogP contribution < -0.4 is 5.32 Å². The minimum atomic E-state index is 0.0411. The molecule has 3 atom stereocenters. The van der Waals surface area contributed by atoms with Crippen LogP contribution in [-0.2, 0) is 9.53 Å². The molecule has 0 aromatic carbocycles. The third kappa shape index (κ3) is 1.70. The second-order valence-corrected chi connectivity index (χ2v) is 3.93. The maximum Gasteiger partial charge on any atom is 0.309 e. The molecule has 1 heterocycles. The third-order valence-electron chi connectivity index (χ3n) is 3.20. The highest BCUT2D eigenvalue weighted by molar-refractivity contribution is 5.76. The second-order valence-electron chi connectivity index (χ2n) is 3.93. The van der Waals surface area contributed by atoms with Gasteiger partial charge in [0.15, 0.2) is 0 Å². The van der Waals surface area contributed by atoms with Gasteiger partial charge in [0, 0.05) is 0 Å². The summed E-state index contributed by atoms with van der Waals surface area (Å²) in [4.78, 5) is 11.4. The first-order valence-corrected chi connectivity index (χ1v) is 5.22. The van der Waals surface area contributed by atoms with Gasteiger partial charge in [0.25, 0.3) is 0 Å². The van der Waals surface area contributed by atoms with Crippen molar-refractivity contribution in [3.05, 3.63) is 0 Å². The summed E-state index contributed by atoms with van der Waals surface area (Å²) in [6, 6.07) is 0. The Hall–Kier alpha value is -0.570. The van der Waals surface area contributed by atoms with E-state index < -0.39 is 0 Å². The Morgan fingerprint density at radius 1 is 1.38 bits per heavy atom. The summed E-state index contributed by atoms with van der Waals surface area (Å²) in [5.74, 6) is 1.52. The predicted octanol–water partition coefficient (Wildman–Crippen LogP) is 0.795. The highest BCUT2D eigenvalue weighted by Crippen LogP contribution is 2.51. The van der Waals surface area contributed by atoms with E-state index in [1.54, 1.807) is 0 Å². The number of hydrogen-bond acceptors (Lipinski definition) is 3. The Morgan fingerprint density at radius 3 is 2.54 bits per heavy atom. The zero-order valence-electron chi connectivity index (χ0n) is 8.08. The lowest BCUT2D eigenvalue weighted by Crippen LogP contribution is -2.18. The molecule has 13 heavy (non-hydrogen) atoms. The van der Waals surface area contributed by atoms with Crippen molar-refractivity contribution in [3.8, 4) is 0 Å². The molecule has 0 aromatic rings. The third-order valence-corrected chi connectivity index (χ3v) is 3.20. The van der Waals surface area contributed by atoms with Crippen LogP contribution >= 0.6 is 0 Å². The van der Waals surface area contributed by atoms with Crippen molar-refractivity contribution >= 4 is 5.97 Å². The summed E-state index contributed by atoms with van der Waals surface area (Å²) in [5, 5.41) is 3.35. The average molecular weight is 183 g/mol. The van der Waals surface area contributed by atoms with Gasteiger partial charge in [-0.2, -0.15) is 0 Å². The molecule has 2 rings (SSSR count). The Bertz CT molecular complexity index is 193. The van der Waals surface area contributed by atoms with Crippen molar-refractivity contribution in [1.82, 2.24) is 5.32 Å². The van der Waals surface area contributed by atoms with E-state index in [-0.39, 0.29) is 11.9 Å². The first-order valence-electron chi connectivity index (χ1n) is 5.22. The van der Waals surface area contributed by atoms with Gasteiger partial charge in [-0.15, -0.1) is 0 Å². The quantitative estimate of drug-likeness (QED) is 0.643. The highest BCUT2D eigenvalue weighted by atomic mass is 16.5. The lowest BCUT2D eigenvalue weighted by atomic mass is 10.2. The largest absolute Gasteiger partial charge is 0.466 e. The van der Waals surface area contributed by atoms with Gasteiger partial charge in [0.2, 0.25) is 0 Å². The maximum absolute atomic E-state index is 11.4. The molecule has 0 amide bonds. The molecule has 3 heteroatoms. The van der Waals surface area contributed by atoms with Crippen molar-refractivity contribution in [3.63, 3.8) is 0 Å². The van der Waals surface area contributed by atoms with E-state index in [4.69, 9.17) is 4.74 Å². The molecule has 2 aliphatic rings. The van der Waals surface area contributed by atoms with Crippen LogP contribution in [0.5, 0.6) is 0 Å². The van der Waals surface area contributed by atoms with Crippen LogP contribution in [-0.4, -0.2) is 25.7 Å². The molecule has 1 saturated heterocycles. The number of hydrogen-bond donors (Lipinski definition) is 1. The fourth-order valence-corrected chi connectivity index (χ4v) is 2.48. The maximum atomic E-state index is 11.4. The van der Waals surface area contributed by atoms with Gasteiger partial charge in [-0.05, 0) is 44.7 Å². The van der Waals surface area contributed by atoms with E-state index in [0.29, 0.717) is 18.4 Å². The number of nitrogens with one attached hydrogen (secondary N) is 1. The minimum absolute atomic E-state index is 0.0411. The van der Waals surface area contributed by atoms with E-state index in [2.05, 4.69) is 5.32 Å². The summed E-state index contributed by atoms with van der Waals surface area (Å²) >= 11 is 0. The van der Waals surface area contributed by atoms with E-state index in [1.807, 2.05) is 6.92 Å². The Balaban J connectivity index is 1.87. The van der Waals surface area contributed by atoms with E-state index in [1.165, 1.54) is 0 Å². The van der Waals surface area contributed by atoms with Gasteiger partial charge in [-0.1, -0.05) is 0 Å². The summed E-state index contributed by atoms with van der Waals surface area (Å²) < 4.78 is 5.04. The van der Waals surface area contributed by atoms with Crippen molar-refractivity contribution in [2.24, 2.45) is 17.8 Å². The Morgan fingerprint density at radius 2 is 2.00 bits per heavy atom. The predicted molar refractivity (Wildman–Crippen MR) is 49.2 cm³/mol. The molecule has 0 spiro atoms. The van der Waals surface area contributed by atoms with Gasteiger partial charge in [0.05, 0.1) is 12.5 Å². The lowest BCUT2D eigenvalue weighted by molar-refractivity contribution is -0.145.